The number of rotatable bonds is 5. The third-order valence-corrected chi connectivity index (χ3v) is 6.10. The second kappa shape index (κ2) is 6.34. The SMILES string of the molecule is C=CC1(CC=CC2=C(C)C(=O)CC2)CCC(C)(CC)CC1. The highest BCUT2D eigenvalue weighted by Crippen LogP contribution is 2.49. The van der Waals surface area contributed by atoms with E-state index < -0.39 is 0 Å². The molecule has 0 bridgehead atoms. The average molecular weight is 286 g/mol. The van der Waals surface area contributed by atoms with Gasteiger partial charge in [0.05, 0.1) is 0 Å². The minimum atomic E-state index is 0.280. The fraction of sp³-hybridized carbons (Fsp3) is 0.650. The number of hydrogen-bond acceptors (Lipinski definition) is 1. The maximum absolute atomic E-state index is 11.6. The van der Waals surface area contributed by atoms with Crippen LogP contribution < -0.4 is 0 Å². The number of Topliss-reactive ketones (excluding diaryl/α,β-unsaturated/α-hetero) is 1. The molecular weight excluding hydrogens is 256 g/mol. The van der Waals surface area contributed by atoms with Gasteiger partial charge in [-0.05, 0) is 67.4 Å². The standard InChI is InChI=1S/C20H30O/c1-5-19(4)12-14-20(6-2,15-13-19)11-7-8-17-9-10-18(21)16(17)3/h6-8H,2,5,9-15H2,1,3-4H3. The Morgan fingerprint density at radius 3 is 2.33 bits per heavy atom. The van der Waals surface area contributed by atoms with E-state index in [-0.39, 0.29) is 5.41 Å². The van der Waals surface area contributed by atoms with Crippen LogP contribution in [-0.2, 0) is 4.79 Å². The van der Waals surface area contributed by atoms with E-state index in [1.165, 1.54) is 37.7 Å². The van der Waals surface area contributed by atoms with Gasteiger partial charge in [-0.1, -0.05) is 38.5 Å². The van der Waals surface area contributed by atoms with Crippen LogP contribution in [0.15, 0.2) is 36.0 Å². The van der Waals surface area contributed by atoms with Crippen LogP contribution in [0.3, 0.4) is 0 Å². The monoisotopic (exact) mass is 286 g/mol. The van der Waals surface area contributed by atoms with Gasteiger partial charge < -0.3 is 0 Å². The van der Waals surface area contributed by atoms with E-state index in [0.717, 1.165) is 18.4 Å². The number of carbonyl (C=O) groups is 1. The van der Waals surface area contributed by atoms with Crippen LogP contribution in [0.4, 0.5) is 0 Å². The van der Waals surface area contributed by atoms with E-state index in [1.807, 2.05) is 6.92 Å². The van der Waals surface area contributed by atoms with Crippen molar-refractivity contribution in [2.45, 2.75) is 72.1 Å². The molecule has 0 spiro atoms. The van der Waals surface area contributed by atoms with Crippen molar-refractivity contribution < 1.29 is 4.79 Å². The molecule has 0 amide bonds. The second-order valence-electron chi connectivity index (χ2n) is 7.41. The van der Waals surface area contributed by atoms with Gasteiger partial charge in [0.2, 0.25) is 0 Å². The van der Waals surface area contributed by atoms with Gasteiger partial charge in [0.15, 0.2) is 5.78 Å². The Morgan fingerprint density at radius 2 is 1.86 bits per heavy atom. The quantitative estimate of drug-likeness (QED) is 0.586. The lowest BCUT2D eigenvalue weighted by Crippen LogP contribution is -2.30. The van der Waals surface area contributed by atoms with Crippen LogP contribution in [0, 0.1) is 10.8 Å². The minimum absolute atomic E-state index is 0.280. The molecule has 0 unspecified atom stereocenters. The first-order valence-corrected chi connectivity index (χ1v) is 8.47. The maximum atomic E-state index is 11.6. The molecule has 0 N–H and O–H groups in total. The summed E-state index contributed by atoms with van der Waals surface area (Å²) in [5, 5.41) is 0. The van der Waals surface area contributed by atoms with Crippen LogP contribution in [0.1, 0.15) is 72.1 Å². The van der Waals surface area contributed by atoms with Crippen molar-refractivity contribution in [1.82, 2.24) is 0 Å². The lowest BCUT2D eigenvalue weighted by molar-refractivity contribution is -0.114. The number of allylic oxidation sites excluding steroid dienone is 5. The van der Waals surface area contributed by atoms with Gasteiger partial charge in [0, 0.05) is 6.42 Å². The summed E-state index contributed by atoms with van der Waals surface area (Å²) in [6.45, 7) is 10.8. The third kappa shape index (κ3) is 3.56. The van der Waals surface area contributed by atoms with Crippen LogP contribution in [0.2, 0.25) is 0 Å². The van der Waals surface area contributed by atoms with Crippen LogP contribution >= 0.6 is 0 Å². The molecular formula is C20H30O. The Balaban J connectivity index is 1.98. The summed E-state index contributed by atoms with van der Waals surface area (Å²) in [4.78, 5) is 11.6. The fourth-order valence-corrected chi connectivity index (χ4v) is 3.64. The van der Waals surface area contributed by atoms with Crippen molar-refractivity contribution in [3.05, 3.63) is 36.0 Å². The number of hydrogen-bond donors (Lipinski definition) is 0. The predicted octanol–water partition coefficient (Wildman–Crippen LogP) is 5.77. The molecule has 116 valence electrons. The fourth-order valence-electron chi connectivity index (χ4n) is 3.64. The van der Waals surface area contributed by atoms with E-state index in [1.54, 1.807) is 0 Å². The zero-order valence-electron chi connectivity index (χ0n) is 14.0. The number of ketones is 1. The molecule has 1 heteroatoms. The molecule has 0 aromatic rings. The molecule has 21 heavy (non-hydrogen) atoms. The van der Waals surface area contributed by atoms with Gasteiger partial charge in [0.1, 0.15) is 0 Å². The van der Waals surface area contributed by atoms with E-state index >= 15 is 0 Å². The van der Waals surface area contributed by atoms with E-state index in [4.69, 9.17) is 0 Å². The lowest BCUT2D eigenvalue weighted by Gasteiger charge is -2.43. The molecule has 0 atom stereocenters. The van der Waals surface area contributed by atoms with Gasteiger partial charge in [-0.25, -0.2) is 0 Å². The summed E-state index contributed by atoms with van der Waals surface area (Å²) in [6.07, 6.45) is 15.8. The zero-order chi connectivity index (χ0) is 15.5. The maximum Gasteiger partial charge on any atom is 0.159 e. The first kappa shape index (κ1) is 16.3. The summed E-state index contributed by atoms with van der Waals surface area (Å²) in [6, 6.07) is 0. The van der Waals surface area contributed by atoms with Gasteiger partial charge in [0.25, 0.3) is 0 Å². The molecule has 0 aliphatic heterocycles. The molecule has 2 rings (SSSR count). The second-order valence-corrected chi connectivity index (χ2v) is 7.41. The molecule has 1 nitrogen and oxygen atoms in total. The minimum Gasteiger partial charge on any atom is -0.295 e. The Morgan fingerprint density at radius 1 is 1.19 bits per heavy atom. The Labute approximate surface area is 130 Å². The predicted molar refractivity (Wildman–Crippen MR) is 90.2 cm³/mol. The Bertz CT molecular complexity index is 470. The van der Waals surface area contributed by atoms with Crippen LogP contribution in [0.25, 0.3) is 0 Å². The van der Waals surface area contributed by atoms with Gasteiger partial charge >= 0.3 is 0 Å². The molecule has 0 radical (unpaired) electrons. The van der Waals surface area contributed by atoms with Crippen molar-refractivity contribution in [2.24, 2.45) is 10.8 Å². The molecule has 1 fully saturated rings. The summed E-state index contributed by atoms with van der Waals surface area (Å²) in [7, 11) is 0. The van der Waals surface area contributed by atoms with Crippen LogP contribution in [-0.4, -0.2) is 5.78 Å². The number of carbonyl (C=O) groups excluding carboxylic acids is 1. The normalized spacial score (nSPS) is 34.0. The lowest BCUT2D eigenvalue weighted by atomic mass is 9.62. The summed E-state index contributed by atoms with van der Waals surface area (Å²) >= 11 is 0. The van der Waals surface area contributed by atoms with Crippen LogP contribution in [0.5, 0.6) is 0 Å². The molecule has 0 heterocycles. The molecule has 2 aliphatic rings. The highest BCUT2D eigenvalue weighted by molar-refractivity contribution is 5.98. The first-order chi connectivity index (χ1) is 9.94. The molecule has 0 aromatic carbocycles. The summed E-state index contributed by atoms with van der Waals surface area (Å²) in [5.74, 6) is 0.324. The van der Waals surface area contributed by atoms with Crippen molar-refractivity contribution >= 4 is 5.78 Å². The van der Waals surface area contributed by atoms with E-state index in [0.29, 0.717) is 17.6 Å². The first-order valence-electron chi connectivity index (χ1n) is 8.47. The van der Waals surface area contributed by atoms with Crippen molar-refractivity contribution in [2.75, 3.05) is 0 Å². The summed E-state index contributed by atoms with van der Waals surface area (Å²) in [5.41, 5.74) is 3.03. The van der Waals surface area contributed by atoms with Crippen molar-refractivity contribution in [3.63, 3.8) is 0 Å². The molecule has 2 aliphatic carbocycles. The average Bonchev–Trinajstić information content (AvgIpc) is 2.82. The highest BCUT2D eigenvalue weighted by Gasteiger charge is 2.36. The van der Waals surface area contributed by atoms with E-state index in [2.05, 4.69) is 38.7 Å². The van der Waals surface area contributed by atoms with Crippen molar-refractivity contribution in [1.29, 1.82) is 0 Å². The smallest absolute Gasteiger partial charge is 0.159 e. The molecule has 0 saturated heterocycles. The largest absolute Gasteiger partial charge is 0.295 e. The Kier molecular flexibility index (Phi) is 4.91. The topological polar surface area (TPSA) is 17.1 Å². The van der Waals surface area contributed by atoms with E-state index in [9.17, 15) is 4.79 Å². The van der Waals surface area contributed by atoms with Gasteiger partial charge in [-0.3, -0.25) is 4.79 Å². The molecule has 0 aromatic heterocycles. The summed E-state index contributed by atoms with van der Waals surface area (Å²) < 4.78 is 0. The molecule has 1 saturated carbocycles. The Hall–Kier alpha value is -1.11. The van der Waals surface area contributed by atoms with Crippen molar-refractivity contribution in [3.8, 4) is 0 Å². The van der Waals surface area contributed by atoms with Gasteiger partial charge in [-0.15, -0.1) is 6.58 Å². The van der Waals surface area contributed by atoms with Gasteiger partial charge in [-0.2, -0.15) is 0 Å². The third-order valence-electron chi connectivity index (χ3n) is 6.10. The highest BCUT2D eigenvalue weighted by atomic mass is 16.1. The zero-order valence-corrected chi connectivity index (χ0v) is 14.0.